The molecule has 0 aliphatic rings. The Kier molecular flexibility index (Phi) is 6.71. The maximum absolute atomic E-state index is 12.5. The number of benzene rings is 2. The predicted molar refractivity (Wildman–Crippen MR) is 91.0 cm³/mol. The summed E-state index contributed by atoms with van der Waals surface area (Å²) in [5.74, 6) is -1.39. The molecule has 0 saturated carbocycles. The van der Waals surface area contributed by atoms with Gasteiger partial charge in [0.05, 0.1) is 6.61 Å². The third kappa shape index (κ3) is 5.46. The first-order valence-corrected chi connectivity index (χ1v) is 7.85. The van der Waals surface area contributed by atoms with E-state index in [0.717, 1.165) is 5.56 Å². The molecule has 1 N–H and O–H groups in total. The van der Waals surface area contributed by atoms with Gasteiger partial charge in [0.15, 0.2) is 11.8 Å². The number of hydrogen-bond acceptors (Lipinski definition) is 5. The Morgan fingerprint density at radius 2 is 1.52 bits per heavy atom. The van der Waals surface area contributed by atoms with E-state index in [-0.39, 0.29) is 13.2 Å². The van der Waals surface area contributed by atoms with Crippen LogP contribution in [0.15, 0.2) is 60.7 Å². The molecule has 1 atom stereocenters. The number of esters is 1. The molecule has 0 spiro atoms. The molecule has 0 bridgehead atoms. The number of Topliss-reactive ketones (excluding diaryl/α,β-unsaturated/α-hetero) is 1. The lowest BCUT2D eigenvalue weighted by molar-refractivity contribution is -0.144. The zero-order chi connectivity index (χ0) is 18.1. The summed E-state index contributed by atoms with van der Waals surface area (Å²) in [6.45, 7) is 1.75. The average Bonchev–Trinajstić information content (AvgIpc) is 2.65. The topological polar surface area (TPSA) is 81.7 Å². The van der Waals surface area contributed by atoms with Crippen LogP contribution in [0, 0.1) is 0 Å². The molecule has 0 aromatic heterocycles. The number of carbonyl (C=O) groups is 3. The minimum absolute atomic E-state index is 0.0295. The van der Waals surface area contributed by atoms with Crippen LogP contribution in [-0.4, -0.2) is 30.5 Å². The van der Waals surface area contributed by atoms with Crippen LogP contribution in [0.25, 0.3) is 0 Å². The molecule has 0 aliphatic carbocycles. The molecule has 1 amide bonds. The summed E-state index contributed by atoms with van der Waals surface area (Å²) in [6, 6.07) is 15.8. The van der Waals surface area contributed by atoms with Crippen LogP contribution in [0.3, 0.4) is 0 Å². The fourth-order valence-electron chi connectivity index (χ4n) is 2.11. The molecular weight excluding hydrogens is 322 g/mol. The SMILES string of the molecule is CCOC(=O)C(NC(=O)OCc1ccccc1)C(=O)c1ccccc1. The van der Waals surface area contributed by atoms with Gasteiger partial charge in [0.25, 0.3) is 0 Å². The van der Waals surface area contributed by atoms with E-state index in [0.29, 0.717) is 5.56 Å². The maximum atomic E-state index is 12.5. The number of rotatable bonds is 7. The summed E-state index contributed by atoms with van der Waals surface area (Å²) in [6.07, 6.45) is -0.869. The molecule has 1 unspecified atom stereocenters. The second-order valence-corrected chi connectivity index (χ2v) is 5.12. The van der Waals surface area contributed by atoms with Crippen molar-refractivity contribution in [3.05, 3.63) is 71.8 Å². The number of amides is 1. The smallest absolute Gasteiger partial charge is 0.408 e. The van der Waals surface area contributed by atoms with Crippen LogP contribution in [0.5, 0.6) is 0 Å². The van der Waals surface area contributed by atoms with Gasteiger partial charge < -0.3 is 14.8 Å². The van der Waals surface area contributed by atoms with E-state index in [1.807, 2.05) is 18.2 Å². The largest absolute Gasteiger partial charge is 0.464 e. The molecule has 0 radical (unpaired) electrons. The summed E-state index contributed by atoms with van der Waals surface area (Å²) in [5.41, 5.74) is 1.09. The monoisotopic (exact) mass is 341 g/mol. The van der Waals surface area contributed by atoms with Gasteiger partial charge in [-0.1, -0.05) is 60.7 Å². The lowest BCUT2D eigenvalue weighted by Crippen LogP contribution is -2.47. The molecular formula is C19H19NO5. The number of hydrogen-bond donors (Lipinski definition) is 1. The Balaban J connectivity index is 2.04. The molecule has 2 aromatic carbocycles. The molecule has 0 fully saturated rings. The Hall–Kier alpha value is -3.15. The Labute approximate surface area is 145 Å². The highest BCUT2D eigenvalue weighted by Crippen LogP contribution is 2.07. The minimum atomic E-state index is -1.45. The summed E-state index contributed by atoms with van der Waals surface area (Å²) in [7, 11) is 0. The van der Waals surface area contributed by atoms with Crippen molar-refractivity contribution in [2.24, 2.45) is 0 Å². The van der Waals surface area contributed by atoms with Crippen LogP contribution < -0.4 is 5.32 Å². The van der Waals surface area contributed by atoms with Gasteiger partial charge in [0.2, 0.25) is 0 Å². The van der Waals surface area contributed by atoms with E-state index in [9.17, 15) is 14.4 Å². The van der Waals surface area contributed by atoms with Crippen LogP contribution in [0.1, 0.15) is 22.8 Å². The van der Waals surface area contributed by atoms with Crippen molar-refractivity contribution in [1.29, 1.82) is 0 Å². The summed E-state index contributed by atoms with van der Waals surface area (Å²) < 4.78 is 9.94. The Morgan fingerprint density at radius 1 is 0.920 bits per heavy atom. The van der Waals surface area contributed by atoms with Gasteiger partial charge in [0, 0.05) is 5.56 Å². The van der Waals surface area contributed by atoms with E-state index in [4.69, 9.17) is 9.47 Å². The number of alkyl carbamates (subject to hydrolysis) is 1. The van der Waals surface area contributed by atoms with Crippen LogP contribution in [0.4, 0.5) is 4.79 Å². The zero-order valence-electron chi connectivity index (χ0n) is 13.8. The highest BCUT2D eigenvalue weighted by molar-refractivity contribution is 6.13. The van der Waals surface area contributed by atoms with Crippen LogP contribution >= 0.6 is 0 Å². The van der Waals surface area contributed by atoms with Gasteiger partial charge in [-0.2, -0.15) is 0 Å². The quantitative estimate of drug-likeness (QED) is 0.476. The summed E-state index contributed by atoms with van der Waals surface area (Å²) in [4.78, 5) is 36.5. The van der Waals surface area contributed by atoms with Gasteiger partial charge in [-0.3, -0.25) is 4.79 Å². The van der Waals surface area contributed by atoms with Gasteiger partial charge in [-0.25, -0.2) is 9.59 Å². The minimum Gasteiger partial charge on any atom is -0.464 e. The average molecular weight is 341 g/mol. The van der Waals surface area contributed by atoms with Gasteiger partial charge in [-0.15, -0.1) is 0 Å². The summed E-state index contributed by atoms with van der Waals surface area (Å²) >= 11 is 0. The number of carbonyl (C=O) groups excluding carboxylic acids is 3. The molecule has 2 rings (SSSR count). The second-order valence-electron chi connectivity index (χ2n) is 5.12. The fraction of sp³-hybridized carbons (Fsp3) is 0.211. The second kappa shape index (κ2) is 9.22. The lowest BCUT2D eigenvalue weighted by Gasteiger charge is -2.16. The van der Waals surface area contributed by atoms with E-state index in [2.05, 4.69) is 5.32 Å². The molecule has 0 aliphatic heterocycles. The molecule has 6 nitrogen and oxygen atoms in total. The first-order valence-electron chi connectivity index (χ1n) is 7.85. The molecule has 6 heteroatoms. The van der Waals surface area contributed by atoms with Crippen molar-refractivity contribution in [2.45, 2.75) is 19.6 Å². The van der Waals surface area contributed by atoms with Gasteiger partial charge >= 0.3 is 12.1 Å². The van der Waals surface area contributed by atoms with Gasteiger partial charge in [0.1, 0.15) is 6.61 Å². The molecule has 130 valence electrons. The summed E-state index contributed by atoms with van der Waals surface area (Å²) in [5, 5.41) is 2.28. The zero-order valence-corrected chi connectivity index (χ0v) is 13.8. The number of nitrogens with one attached hydrogen (secondary N) is 1. The Bertz CT molecular complexity index is 715. The van der Waals surface area contributed by atoms with Crippen molar-refractivity contribution in [3.63, 3.8) is 0 Å². The number of ketones is 1. The highest BCUT2D eigenvalue weighted by atomic mass is 16.6. The molecule has 0 heterocycles. The van der Waals surface area contributed by atoms with Crippen molar-refractivity contribution >= 4 is 17.8 Å². The first-order chi connectivity index (χ1) is 12.1. The van der Waals surface area contributed by atoms with E-state index in [1.54, 1.807) is 49.4 Å². The van der Waals surface area contributed by atoms with E-state index >= 15 is 0 Å². The molecule has 25 heavy (non-hydrogen) atoms. The molecule has 2 aromatic rings. The molecule has 0 saturated heterocycles. The van der Waals surface area contributed by atoms with Crippen molar-refractivity contribution in [2.75, 3.05) is 6.61 Å². The predicted octanol–water partition coefficient (Wildman–Crippen LogP) is 2.73. The van der Waals surface area contributed by atoms with Crippen molar-refractivity contribution in [1.82, 2.24) is 5.32 Å². The lowest BCUT2D eigenvalue weighted by atomic mass is 10.0. The van der Waals surface area contributed by atoms with Crippen LogP contribution in [-0.2, 0) is 20.9 Å². The van der Waals surface area contributed by atoms with Crippen LogP contribution in [0.2, 0.25) is 0 Å². The third-order valence-electron chi connectivity index (χ3n) is 3.32. The van der Waals surface area contributed by atoms with Crippen molar-refractivity contribution < 1.29 is 23.9 Å². The van der Waals surface area contributed by atoms with E-state index in [1.165, 1.54) is 0 Å². The highest BCUT2D eigenvalue weighted by Gasteiger charge is 2.31. The number of ether oxygens (including phenoxy) is 2. The van der Waals surface area contributed by atoms with Crippen molar-refractivity contribution in [3.8, 4) is 0 Å². The Morgan fingerprint density at radius 3 is 2.12 bits per heavy atom. The first kappa shape index (κ1) is 18.2. The fourth-order valence-corrected chi connectivity index (χ4v) is 2.11. The maximum Gasteiger partial charge on any atom is 0.408 e. The third-order valence-corrected chi connectivity index (χ3v) is 3.32. The normalized spacial score (nSPS) is 11.2. The van der Waals surface area contributed by atoms with E-state index < -0.39 is 23.9 Å². The standard InChI is InChI=1S/C19H19NO5/c1-2-24-18(22)16(17(21)15-11-7-4-8-12-15)20-19(23)25-13-14-9-5-3-6-10-14/h3-12,16H,2,13H2,1H3,(H,20,23). The van der Waals surface area contributed by atoms with Gasteiger partial charge in [-0.05, 0) is 12.5 Å².